The van der Waals surface area contributed by atoms with Crippen molar-refractivity contribution in [1.82, 2.24) is 0 Å². The van der Waals surface area contributed by atoms with Gasteiger partial charge in [-0.15, -0.1) is 0 Å². The summed E-state index contributed by atoms with van der Waals surface area (Å²) in [5, 5.41) is 11.2. The van der Waals surface area contributed by atoms with Gasteiger partial charge >= 0.3 is 0 Å². The monoisotopic (exact) mass is 260 g/mol. The summed E-state index contributed by atoms with van der Waals surface area (Å²) >= 11 is 11.8. The van der Waals surface area contributed by atoms with Gasteiger partial charge in [0, 0.05) is 13.2 Å². The van der Waals surface area contributed by atoms with E-state index < -0.39 is 6.10 Å². The molecular weight excluding hydrogens is 247 g/mol. The molecule has 0 spiro atoms. The molecule has 1 aliphatic heterocycles. The Labute approximate surface area is 105 Å². The molecule has 16 heavy (non-hydrogen) atoms. The molecule has 1 atom stereocenters. The molecule has 1 fully saturated rings. The Kier molecular flexibility index (Phi) is 4.09. The largest absolute Gasteiger partial charge is 0.388 e. The summed E-state index contributed by atoms with van der Waals surface area (Å²) in [6, 6.07) is 5.29. The normalized spacial score (nSPS) is 19.7. The molecular formula is C12H14Cl2O2. The van der Waals surface area contributed by atoms with E-state index in [9.17, 15) is 5.11 Å². The van der Waals surface area contributed by atoms with Crippen molar-refractivity contribution in [3.05, 3.63) is 33.8 Å². The van der Waals surface area contributed by atoms with Gasteiger partial charge in [0.2, 0.25) is 0 Å². The second-order valence-corrected chi connectivity index (χ2v) is 4.88. The van der Waals surface area contributed by atoms with Crippen LogP contribution in [0.2, 0.25) is 10.0 Å². The van der Waals surface area contributed by atoms with Gasteiger partial charge in [-0.05, 0) is 36.5 Å². The highest BCUT2D eigenvalue weighted by Gasteiger charge is 2.23. The van der Waals surface area contributed by atoms with Crippen LogP contribution in [0.5, 0.6) is 0 Å². The lowest BCUT2D eigenvalue weighted by Crippen LogP contribution is -2.21. The maximum absolute atomic E-state index is 10.2. The van der Waals surface area contributed by atoms with Gasteiger partial charge in [0.05, 0.1) is 16.1 Å². The number of hydrogen-bond acceptors (Lipinski definition) is 2. The highest BCUT2D eigenvalue weighted by molar-refractivity contribution is 6.42. The predicted octanol–water partition coefficient (Wildman–Crippen LogP) is 3.45. The second kappa shape index (κ2) is 5.37. The predicted molar refractivity (Wildman–Crippen MR) is 65.0 cm³/mol. The zero-order chi connectivity index (χ0) is 11.5. The van der Waals surface area contributed by atoms with E-state index in [4.69, 9.17) is 27.9 Å². The molecule has 1 unspecified atom stereocenters. The summed E-state index contributed by atoms with van der Waals surface area (Å²) in [5.41, 5.74) is 0.835. The van der Waals surface area contributed by atoms with Crippen molar-refractivity contribution in [2.45, 2.75) is 18.9 Å². The zero-order valence-electron chi connectivity index (χ0n) is 8.83. The van der Waals surface area contributed by atoms with Crippen LogP contribution in [0.25, 0.3) is 0 Å². The molecule has 0 bridgehead atoms. The van der Waals surface area contributed by atoms with E-state index in [1.165, 1.54) is 0 Å². The van der Waals surface area contributed by atoms with E-state index in [-0.39, 0.29) is 5.92 Å². The molecule has 1 aromatic rings. The summed E-state index contributed by atoms with van der Waals surface area (Å²) in [6.45, 7) is 1.45. The molecule has 2 rings (SSSR count). The van der Waals surface area contributed by atoms with Gasteiger partial charge in [0.15, 0.2) is 0 Å². The summed E-state index contributed by atoms with van der Waals surface area (Å²) in [5.74, 6) is 0.256. The number of hydrogen-bond donors (Lipinski definition) is 1. The van der Waals surface area contributed by atoms with Crippen LogP contribution in [0.4, 0.5) is 0 Å². The number of benzene rings is 1. The van der Waals surface area contributed by atoms with Gasteiger partial charge in [-0.1, -0.05) is 29.3 Å². The highest BCUT2D eigenvalue weighted by atomic mass is 35.5. The first kappa shape index (κ1) is 12.2. The average Bonchev–Trinajstić information content (AvgIpc) is 2.33. The van der Waals surface area contributed by atoms with E-state index in [0.717, 1.165) is 31.6 Å². The second-order valence-electron chi connectivity index (χ2n) is 4.07. The molecule has 1 heterocycles. The fourth-order valence-electron chi connectivity index (χ4n) is 2.00. The number of aliphatic hydroxyl groups excluding tert-OH is 1. The highest BCUT2D eigenvalue weighted by Crippen LogP contribution is 2.32. The van der Waals surface area contributed by atoms with Crippen LogP contribution >= 0.6 is 23.2 Å². The summed E-state index contributed by atoms with van der Waals surface area (Å²) in [4.78, 5) is 0. The van der Waals surface area contributed by atoms with Crippen LogP contribution in [0.15, 0.2) is 18.2 Å². The van der Waals surface area contributed by atoms with Crippen molar-refractivity contribution in [1.29, 1.82) is 0 Å². The first-order valence-electron chi connectivity index (χ1n) is 5.39. The minimum atomic E-state index is -0.473. The first-order valence-corrected chi connectivity index (χ1v) is 6.15. The molecule has 1 aromatic carbocycles. The standard InChI is InChI=1S/C12H14Cl2O2/c13-10-2-1-9(7-11(10)14)12(15)8-3-5-16-6-4-8/h1-2,7-8,12,15H,3-6H2. The van der Waals surface area contributed by atoms with Gasteiger partial charge in [0.25, 0.3) is 0 Å². The maximum atomic E-state index is 10.2. The molecule has 0 saturated carbocycles. The van der Waals surface area contributed by atoms with E-state index >= 15 is 0 Å². The number of halogens is 2. The Bertz CT molecular complexity index is 362. The van der Waals surface area contributed by atoms with Crippen molar-refractivity contribution >= 4 is 23.2 Å². The third-order valence-corrected chi connectivity index (χ3v) is 3.74. The van der Waals surface area contributed by atoms with Gasteiger partial charge < -0.3 is 9.84 Å². The SMILES string of the molecule is OC(c1ccc(Cl)c(Cl)c1)C1CCOCC1. The summed E-state index contributed by atoms with van der Waals surface area (Å²) < 4.78 is 5.27. The van der Waals surface area contributed by atoms with Crippen molar-refractivity contribution < 1.29 is 9.84 Å². The van der Waals surface area contributed by atoms with Crippen LogP contribution in [-0.2, 0) is 4.74 Å². The van der Waals surface area contributed by atoms with Gasteiger partial charge in [0.1, 0.15) is 0 Å². The molecule has 88 valence electrons. The van der Waals surface area contributed by atoms with Crippen LogP contribution in [-0.4, -0.2) is 18.3 Å². The van der Waals surface area contributed by atoms with Crippen LogP contribution < -0.4 is 0 Å². The molecule has 0 radical (unpaired) electrons. The summed E-state index contributed by atoms with van der Waals surface area (Å²) in [7, 11) is 0. The van der Waals surface area contributed by atoms with E-state index in [0.29, 0.717) is 10.0 Å². The molecule has 4 heteroatoms. The average molecular weight is 261 g/mol. The molecule has 0 amide bonds. The minimum Gasteiger partial charge on any atom is -0.388 e. The third kappa shape index (κ3) is 2.69. The van der Waals surface area contributed by atoms with Crippen LogP contribution in [0.1, 0.15) is 24.5 Å². The Morgan fingerprint density at radius 3 is 2.50 bits per heavy atom. The molecule has 1 aliphatic rings. The van der Waals surface area contributed by atoms with Gasteiger partial charge in [-0.3, -0.25) is 0 Å². The lowest BCUT2D eigenvalue weighted by molar-refractivity contribution is 0.00719. The number of ether oxygens (including phenoxy) is 1. The van der Waals surface area contributed by atoms with Crippen molar-refractivity contribution in [3.8, 4) is 0 Å². The fraction of sp³-hybridized carbons (Fsp3) is 0.500. The number of aliphatic hydroxyl groups is 1. The zero-order valence-corrected chi connectivity index (χ0v) is 10.3. The topological polar surface area (TPSA) is 29.5 Å². The third-order valence-electron chi connectivity index (χ3n) is 3.00. The Hall–Kier alpha value is -0.280. The smallest absolute Gasteiger partial charge is 0.0820 e. The Morgan fingerprint density at radius 1 is 1.19 bits per heavy atom. The molecule has 2 nitrogen and oxygen atoms in total. The maximum Gasteiger partial charge on any atom is 0.0820 e. The van der Waals surface area contributed by atoms with Gasteiger partial charge in [-0.2, -0.15) is 0 Å². The molecule has 0 aliphatic carbocycles. The molecule has 0 aromatic heterocycles. The lowest BCUT2D eigenvalue weighted by atomic mass is 9.89. The molecule has 1 saturated heterocycles. The van der Waals surface area contributed by atoms with Crippen LogP contribution in [0, 0.1) is 5.92 Å². The fourth-order valence-corrected chi connectivity index (χ4v) is 2.31. The van der Waals surface area contributed by atoms with E-state index in [1.54, 1.807) is 12.1 Å². The van der Waals surface area contributed by atoms with Crippen LogP contribution in [0.3, 0.4) is 0 Å². The van der Waals surface area contributed by atoms with Crippen molar-refractivity contribution in [2.75, 3.05) is 13.2 Å². The minimum absolute atomic E-state index is 0.256. The number of rotatable bonds is 2. The van der Waals surface area contributed by atoms with E-state index in [1.807, 2.05) is 6.07 Å². The first-order chi connectivity index (χ1) is 7.68. The quantitative estimate of drug-likeness (QED) is 0.883. The lowest BCUT2D eigenvalue weighted by Gasteiger charge is -2.27. The summed E-state index contributed by atoms with van der Waals surface area (Å²) in [6.07, 6.45) is 1.31. The van der Waals surface area contributed by atoms with Gasteiger partial charge in [-0.25, -0.2) is 0 Å². The Balaban J connectivity index is 2.12. The van der Waals surface area contributed by atoms with Crippen molar-refractivity contribution in [2.24, 2.45) is 5.92 Å². The molecule has 1 N–H and O–H groups in total. The Morgan fingerprint density at radius 2 is 1.88 bits per heavy atom. The van der Waals surface area contributed by atoms with E-state index in [2.05, 4.69) is 0 Å². The van der Waals surface area contributed by atoms with Crippen molar-refractivity contribution in [3.63, 3.8) is 0 Å².